The lowest BCUT2D eigenvalue weighted by molar-refractivity contribution is 0.235. The van der Waals surface area contributed by atoms with Gasteiger partial charge in [-0.3, -0.25) is 0 Å². The number of hydrogen-bond acceptors (Lipinski definition) is 2. The molecule has 2 heteroatoms. The van der Waals surface area contributed by atoms with E-state index in [9.17, 15) is 0 Å². The zero-order valence-corrected chi connectivity index (χ0v) is 13.2. The van der Waals surface area contributed by atoms with Crippen LogP contribution in [0.5, 0.6) is 0 Å². The highest BCUT2D eigenvalue weighted by Crippen LogP contribution is 2.33. The van der Waals surface area contributed by atoms with E-state index in [2.05, 4.69) is 24.1 Å². The van der Waals surface area contributed by atoms with Crippen LogP contribution in [0, 0.1) is 11.8 Å². The zero-order valence-electron chi connectivity index (χ0n) is 13.2. The third kappa shape index (κ3) is 5.43. The van der Waals surface area contributed by atoms with Gasteiger partial charge < -0.3 is 10.2 Å². The predicted octanol–water partition coefficient (Wildman–Crippen LogP) is 3.67. The molecule has 2 unspecified atom stereocenters. The van der Waals surface area contributed by atoms with Crippen molar-refractivity contribution in [3.63, 3.8) is 0 Å². The maximum absolute atomic E-state index is 3.79. The molecule has 1 aliphatic heterocycles. The molecule has 0 bridgehead atoms. The van der Waals surface area contributed by atoms with Crippen molar-refractivity contribution in [3.05, 3.63) is 0 Å². The molecular weight excluding hydrogens is 232 g/mol. The molecule has 1 saturated heterocycles. The van der Waals surface area contributed by atoms with Gasteiger partial charge in [0.15, 0.2) is 0 Å². The number of rotatable bonds is 8. The monoisotopic (exact) mass is 266 g/mol. The Kier molecular flexibility index (Phi) is 6.66. The molecule has 1 aliphatic carbocycles. The van der Waals surface area contributed by atoms with Crippen LogP contribution >= 0.6 is 0 Å². The molecule has 0 spiro atoms. The van der Waals surface area contributed by atoms with Crippen molar-refractivity contribution in [1.29, 1.82) is 0 Å². The van der Waals surface area contributed by atoms with E-state index in [1.807, 2.05) is 0 Å². The van der Waals surface area contributed by atoms with Gasteiger partial charge in [-0.15, -0.1) is 0 Å². The van der Waals surface area contributed by atoms with Gasteiger partial charge in [0.05, 0.1) is 0 Å². The molecule has 0 aromatic heterocycles. The highest BCUT2D eigenvalue weighted by molar-refractivity contribution is 4.89. The first-order chi connectivity index (χ1) is 9.33. The summed E-state index contributed by atoms with van der Waals surface area (Å²) in [6, 6.07) is 0.780. The van der Waals surface area contributed by atoms with E-state index in [4.69, 9.17) is 0 Å². The van der Waals surface area contributed by atoms with E-state index >= 15 is 0 Å². The number of hydrogen-bond donors (Lipinski definition) is 1. The van der Waals surface area contributed by atoms with E-state index in [1.165, 1.54) is 77.5 Å². The average Bonchev–Trinajstić information content (AvgIpc) is 3.23. The Morgan fingerprint density at radius 2 is 1.89 bits per heavy atom. The largest absolute Gasteiger partial charge is 0.312 e. The Morgan fingerprint density at radius 1 is 1.05 bits per heavy atom. The van der Waals surface area contributed by atoms with Gasteiger partial charge in [-0.05, 0) is 70.0 Å². The van der Waals surface area contributed by atoms with Crippen LogP contribution in [-0.4, -0.2) is 37.1 Å². The van der Waals surface area contributed by atoms with Gasteiger partial charge >= 0.3 is 0 Å². The fraction of sp³-hybridized carbons (Fsp3) is 1.00. The molecule has 1 N–H and O–H groups in total. The number of nitrogens with one attached hydrogen (secondary N) is 1. The fourth-order valence-electron chi connectivity index (χ4n) is 3.59. The second-order valence-electron chi connectivity index (χ2n) is 6.78. The van der Waals surface area contributed by atoms with Gasteiger partial charge in [0.25, 0.3) is 0 Å². The van der Waals surface area contributed by atoms with Crippen molar-refractivity contribution in [2.24, 2.45) is 11.8 Å². The third-order valence-corrected chi connectivity index (χ3v) is 4.94. The van der Waals surface area contributed by atoms with Crippen molar-refractivity contribution < 1.29 is 0 Å². The molecule has 0 radical (unpaired) electrons. The van der Waals surface area contributed by atoms with Crippen molar-refractivity contribution >= 4 is 0 Å². The maximum atomic E-state index is 3.79. The van der Waals surface area contributed by atoms with Gasteiger partial charge in [-0.1, -0.05) is 26.7 Å². The molecule has 2 fully saturated rings. The number of nitrogens with zero attached hydrogens (tertiary/aromatic N) is 1. The Bertz CT molecular complexity index is 237. The molecule has 2 atom stereocenters. The lowest BCUT2D eigenvalue weighted by atomic mass is 9.96. The predicted molar refractivity (Wildman–Crippen MR) is 83.5 cm³/mol. The first-order valence-electron chi connectivity index (χ1n) is 8.79. The summed E-state index contributed by atoms with van der Waals surface area (Å²) in [7, 11) is 0. The smallest absolute Gasteiger partial charge is 0.0223 e. The molecule has 0 aromatic rings. The summed E-state index contributed by atoms with van der Waals surface area (Å²) < 4.78 is 0. The van der Waals surface area contributed by atoms with Gasteiger partial charge in [-0.2, -0.15) is 0 Å². The van der Waals surface area contributed by atoms with Crippen LogP contribution in [0.1, 0.15) is 65.2 Å². The van der Waals surface area contributed by atoms with Crippen LogP contribution in [-0.2, 0) is 0 Å². The summed E-state index contributed by atoms with van der Waals surface area (Å²) in [6.07, 6.45) is 11.4. The van der Waals surface area contributed by atoms with E-state index < -0.39 is 0 Å². The van der Waals surface area contributed by atoms with E-state index in [0.717, 1.165) is 17.9 Å². The first-order valence-corrected chi connectivity index (χ1v) is 8.79. The summed E-state index contributed by atoms with van der Waals surface area (Å²) in [5.74, 6) is 2.00. The molecule has 1 saturated carbocycles. The Morgan fingerprint density at radius 3 is 2.58 bits per heavy atom. The quantitative estimate of drug-likeness (QED) is 0.721. The minimum Gasteiger partial charge on any atom is -0.312 e. The van der Waals surface area contributed by atoms with Crippen LogP contribution in [0.2, 0.25) is 0 Å². The minimum atomic E-state index is 0.780. The number of likely N-dealkylation sites (tertiary alicyclic amines) is 1. The summed E-state index contributed by atoms with van der Waals surface area (Å²) in [4.78, 5) is 2.75. The summed E-state index contributed by atoms with van der Waals surface area (Å²) in [5, 5.41) is 3.79. The summed E-state index contributed by atoms with van der Waals surface area (Å²) >= 11 is 0. The first kappa shape index (κ1) is 15.3. The lowest BCUT2D eigenvalue weighted by Crippen LogP contribution is -2.43. The molecule has 2 nitrogen and oxygen atoms in total. The molecule has 0 aromatic carbocycles. The van der Waals surface area contributed by atoms with Crippen LogP contribution in [0.4, 0.5) is 0 Å². The van der Waals surface area contributed by atoms with Crippen LogP contribution < -0.4 is 5.32 Å². The van der Waals surface area contributed by atoms with Crippen molar-refractivity contribution in [2.75, 3.05) is 26.2 Å². The van der Waals surface area contributed by atoms with Crippen LogP contribution in [0.3, 0.4) is 0 Å². The van der Waals surface area contributed by atoms with Gasteiger partial charge in [0, 0.05) is 12.6 Å². The topological polar surface area (TPSA) is 15.3 Å². The SMILES string of the molecule is CCCNC(CN1CCCC(CCC)CC1)C1CC1. The van der Waals surface area contributed by atoms with Gasteiger partial charge in [-0.25, -0.2) is 0 Å². The Labute approximate surface area is 120 Å². The van der Waals surface area contributed by atoms with Gasteiger partial charge in [0.2, 0.25) is 0 Å². The molecular formula is C17H34N2. The maximum Gasteiger partial charge on any atom is 0.0223 e. The summed E-state index contributed by atoms with van der Waals surface area (Å²) in [6.45, 7) is 9.81. The second kappa shape index (κ2) is 8.26. The molecule has 2 aliphatic rings. The van der Waals surface area contributed by atoms with Gasteiger partial charge in [0.1, 0.15) is 0 Å². The molecule has 0 amide bonds. The molecule has 1 heterocycles. The summed E-state index contributed by atoms with van der Waals surface area (Å²) in [5.41, 5.74) is 0. The Balaban J connectivity index is 1.74. The molecule has 19 heavy (non-hydrogen) atoms. The molecule has 2 rings (SSSR count). The normalized spacial score (nSPS) is 27.2. The highest BCUT2D eigenvalue weighted by atomic mass is 15.2. The van der Waals surface area contributed by atoms with Crippen molar-refractivity contribution in [3.8, 4) is 0 Å². The van der Waals surface area contributed by atoms with Crippen LogP contribution in [0.15, 0.2) is 0 Å². The van der Waals surface area contributed by atoms with Crippen molar-refractivity contribution in [2.45, 2.75) is 71.3 Å². The lowest BCUT2D eigenvalue weighted by Gasteiger charge is -2.27. The molecule has 112 valence electrons. The fourth-order valence-corrected chi connectivity index (χ4v) is 3.59. The van der Waals surface area contributed by atoms with Crippen molar-refractivity contribution in [1.82, 2.24) is 10.2 Å². The highest BCUT2D eigenvalue weighted by Gasteiger charge is 2.32. The standard InChI is InChI=1S/C17H34N2/c1-3-6-15-7-5-12-19(13-10-15)14-17(16-8-9-16)18-11-4-2/h15-18H,3-14H2,1-2H3. The van der Waals surface area contributed by atoms with E-state index in [0.29, 0.717) is 0 Å². The van der Waals surface area contributed by atoms with E-state index in [1.54, 1.807) is 0 Å². The Hall–Kier alpha value is -0.0800. The third-order valence-electron chi connectivity index (χ3n) is 4.94. The average molecular weight is 266 g/mol. The van der Waals surface area contributed by atoms with E-state index in [-0.39, 0.29) is 0 Å². The zero-order chi connectivity index (χ0) is 13.5. The minimum absolute atomic E-state index is 0.780. The second-order valence-corrected chi connectivity index (χ2v) is 6.78. The van der Waals surface area contributed by atoms with Crippen LogP contribution in [0.25, 0.3) is 0 Å².